The average Bonchev–Trinajstić information content (AvgIpc) is 2.62. The summed E-state index contributed by atoms with van der Waals surface area (Å²) in [6, 6.07) is 12.1. The number of carbonyl (C=O) groups excluding carboxylic acids is 1. The number of rotatable bonds is 5. The van der Waals surface area contributed by atoms with Crippen molar-refractivity contribution < 1.29 is 9.53 Å². The van der Waals surface area contributed by atoms with Crippen molar-refractivity contribution in [2.24, 2.45) is 0 Å². The molecule has 1 N–H and O–H groups in total. The first-order chi connectivity index (χ1) is 12.7. The van der Waals surface area contributed by atoms with Gasteiger partial charge in [-0.15, -0.1) is 0 Å². The van der Waals surface area contributed by atoms with Gasteiger partial charge in [-0.3, -0.25) is 0 Å². The highest BCUT2D eigenvalue weighted by Crippen LogP contribution is 2.22. The van der Waals surface area contributed by atoms with Crippen LogP contribution >= 0.6 is 12.2 Å². The summed E-state index contributed by atoms with van der Waals surface area (Å²) in [5.41, 5.74) is 5.44. The van der Waals surface area contributed by atoms with Gasteiger partial charge in [0.1, 0.15) is 6.61 Å². The average molecular weight is 385 g/mol. The Kier molecular flexibility index (Phi) is 6.97. The topological polar surface area (TPSA) is 41.6 Å². The molecule has 0 saturated heterocycles. The van der Waals surface area contributed by atoms with E-state index in [1.54, 1.807) is 0 Å². The van der Waals surface area contributed by atoms with E-state index in [1.807, 2.05) is 69.1 Å². The lowest BCUT2D eigenvalue weighted by Crippen LogP contribution is -2.36. The highest BCUT2D eigenvalue weighted by molar-refractivity contribution is 7.80. The van der Waals surface area contributed by atoms with Gasteiger partial charge in [0.25, 0.3) is 0 Å². The predicted octanol–water partition coefficient (Wildman–Crippen LogP) is 5.01. The second kappa shape index (κ2) is 9.00. The molecule has 0 aromatic heterocycles. The van der Waals surface area contributed by atoms with Gasteiger partial charge in [-0.05, 0) is 75.7 Å². The number of hydrogen-bond acceptors (Lipinski definition) is 3. The molecule has 0 aliphatic heterocycles. The zero-order valence-electron chi connectivity index (χ0n) is 16.9. The van der Waals surface area contributed by atoms with Crippen LogP contribution < -0.4 is 5.32 Å². The number of hydrogen-bond donors (Lipinski definition) is 1. The first-order valence-corrected chi connectivity index (χ1v) is 9.47. The van der Waals surface area contributed by atoms with Crippen molar-refractivity contribution in [3.8, 4) is 0 Å². The Morgan fingerprint density at radius 1 is 1.11 bits per heavy atom. The normalized spacial score (nSPS) is 10.6. The maximum atomic E-state index is 12.5. The third-order valence-corrected chi connectivity index (χ3v) is 5.01. The molecule has 0 aliphatic carbocycles. The third-order valence-electron chi connectivity index (χ3n) is 4.62. The number of aryl methyl sites for hydroxylation is 3. The summed E-state index contributed by atoms with van der Waals surface area (Å²) in [6.45, 7) is 10.3. The molecule has 0 bridgehead atoms. The van der Waals surface area contributed by atoms with Gasteiger partial charge in [-0.2, -0.15) is 0 Å². The fourth-order valence-corrected chi connectivity index (χ4v) is 2.84. The summed E-state index contributed by atoms with van der Waals surface area (Å²) < 4.78 is 5.49. The quantitative estimate of drug-likeness (QED) is 0.580. The molecule has 144 valence electrons. The van der Waals surface area contributed by atoms with E-state index in [2.05, 4.69) is 19.2 Å². The zero-order valence-corrected chi connectivity index (χ0v) is 17.7. The second-order valence-corrected chi connectivity index (χ2v) is 7.57. The Morgan fingerprint density at radius 3 is 2.33 bits per heavy atom. The van der Waals surface area contributed by atoms with Crippen molar-refractivity contribution >= 4 is 29.0 Å². The van der Waals surface area contributed by atoms with Crippen molar-refractivity contribution in [1.82, 2.24) is 4.90 Å². The number of anilines is 1. The Morgan fingerprint density at radius 2 is 1.74 bits per heavy atom. The molecule has 2 aromatic rings. The Labute approximate surface area is 167 Å². The summed E-state index contributed by atoms with van der Waals surface area (Å²) in [5.74, 6) is -0.315. The van der Waals surface area contributed by atoms with E-state index < -0.39 is 0 Å². The van der Waals surface area contributed by atoms with E-state index >= 15 is 0 Å². The van der Waals surface area contributed by atoms with E-state index in [4.69, 9.17) is 17.0 Å². The van der Waals surface area contributed by atoms with Crippen molar-refractivity contribution in [3.05, 3.63) is 64.2 Å². The number of nitrogens with one attached hydrogen (secondary N) is 1. The van der Waals surface area contributed by atoms with Gasteiger partial charge >= 0.3 is 5.97 Å². The molecule has 2 rings (SSSR count). The Hall–Kier alpha value is -2.40. The second-order valence-electron chi connectivity index (χ2n) is 7.18. The van der Waals surface area contributed by atoms with Crippen LogP contribution in [0.15, 0.2) is 36.4 Å². The standard InChI is InChI=1S/C22H28N2O2S/c1-14(2)24(6)22(27)23-20-12-16(4)19(11-17(20)5)21(25)26-13-18-9-7-15(3)8-10-18/h7-12,14H,13H2,1-6H3,(H,23,27). The maximum Gasteiger partial charge on any atom is 0.338 e. The van der Waals surface area contributed by atoms with E-state index in [0.717, 1.165) is 22.4 Å². The predicted molar refractivity (Wildman–Crippen MR) is 115 cm³/mol. The van der Waals surface area contributed by atoms with Crippen LogP contribution in [0.5, 0.6) is 0 Å². The van der Waals surface area contributed by atoms with E-state index in [1.165, 1.54) is 5.56 Å². The number of esters is 1. The van der Waals surface area contributed by atoms with Gasteiger partial charge in [-0.25, -0.2) is 4.79 Å². The van der Waals surface area contributed by atoms with Crippen molar-refractivity contribution in [3.63, 3.8) is 0 Å². The van der Waals surface area contributed by atoms with E-state index in [0.29, 0.717) is 16.7 Å². The van der Waals surface area contributed by atoms with Crippen molar-refractivity contribution in [2.75, 3.05) is 12.4 Å². The van der Waals surface area contributed by atoms with Crippen LogP contribution in [-0.2, 0) is 11.3 Å². The van der Waals surface area contributed by atoms with Crippen LogP contribution in [0.1, 0.15) is 46.5 Å². The SMILES string of the molecule is Cc1ccc(COC(=O)c2cc(C)c(NC(=S)N(C)C(C)C)cc2C)cc1. The van der Waals surface area contributed by atoms with Gasteiger partial charge in [0.2, 0.25) is 0 Å². The van der Waals surface area contributed by atoms with Crippen LogP contribution in [-0.4, -0.2) is 29.1 Å². The number of carbonyl (C=O) groups is 1. The van der Waals surface area contributed by atoms with Crippen LogP contribution in [0.25, 0.3) is 0 Å². The zero-order chi connectivity index (χ0) is 20.1. The molecule has 2 aromatic carbocycles. The summed E-state index contributed by atoms with van der Waals surface area (Å²) in [7, 11) is 1.96. The molecule has 0 atom stereocenters. The summed E-state index contributed by atoms with van der Waals surface area (Å²) in [6.07, 6.45) is 0. The maximum absolute atomic E-state index is 12.5. The molecule has 0 radical (unpaired) electrons. The Balaban J connectivity index is 2.09. The monoisotopic (exact) mass is 384 g/mol. The van der Waals surface area contributed by atoms with Gasteiger partial charge in [0.15, 0.2) is 5.11 Å². The highest BCUT2D eigenvalue weighted by atomic mass is 32.1. The molecular formula is C22H28N2O2S. The van der Waals surface area contributed by atoms with E-state index in [9.17, 15) is 4.79 Å². The smallest absolute Gasteiger partial charge is 0.338 e. The first kappa shape index (κ1) is 20.9. The first-order valence-electron chi connectivity index (χ1n) is 9.06. The van der Waals surface area contributed by atoms with Crippen LogP contribution in [0.3, 0.4) is 0 Å². The molecule has 0 fully saturated rings. The summed E-state index contributed by atoms with van der Waals surface area (Å²) in [4.78, 5) is 14.5. The Bertz CT molecular complexity index is 829. The fraction of sp³-hybridized carbons (Fsp3) is 0.364. The highest BCUT2D eigenvalue weighted by Gasteiger charge is 2.15. The van der Waals surface area contributed by atoms with E-state index in [-0.39, 0.29) is 12.6 Å². The molecular weight excluding hydrogens is 356 g/mol. The van der Waals surface area contributed by atoms with Crippen molar-refractivity contribution in [2.45, 2.75) is 47.3 Å². The number of thiocarbonyl (C=S) groups is 1. The minimum Gasteiger partial charge on any atom is -0.457 e. The van der Waals surface area contributed by atoms with Crippen molar-refractivity contribution in [1.29, 1.82) is 0 Å². The molecule has 0 aliphatic rings. The lowest BCUT2D eigenvalue weighted by atomic mass is 10.0. The lowest BCUT2D eigenvalue weighted by Gasteiger charge is -2.25. The van der Waals surface area contributed by atoms with Gasteiger partial charge < -0.3 is 15.0 Å². The molecule has 5 heteroatoms. The molecule has 0 saturated carbocycles. The minimum atomic E-state index is -0.315. The van der Waals surface area contributed by atoms with Gasteiger partial charge in [0.05, 0.1) is 5.56 Å². The minimum absolute atomic E-state index is 0.265. The molecule has 0 spiro atoms. The van der Waals surface area contributed by atoms with Gasteiger partial charge in [-0.1, -0.05) is 29.8 Å². The fourth-order valence-electron chi connectivity index (χ4n) is 2.52. The van der Waals surface area contributed by atoms with Gasteiger partial charge in [0, 0.05) is 18.8 Å². The summed E-state index contributed by atoms with van der Waals surface area (Å²) >= 11 is 5.45. The van der Waals surface area contributed by atoms with Crippen LogP contribution in [0.2, 0.25) is 0 Å². The number of nitrogens with zero attached hydrogens (tertiary/aromatic N) is 1. The number of ether oxygens (including phenoxy) is 1. The molecule has 0 unspecified atom stereocenters. The van der Waals surface area contributed by atoms with Crippen LogP contribution in [0, 0.1) is 20.8 Å². The van der Waals surface area contributed by atoms with Crippen LogP contribution in [0.4, 0.5) is 5.69 Å². The molecule has 0 heterocycles. The largest absolute Gasteiger partial charge is 0.457 e. The molecule has 4 nitrogen and oxygen atoms in total. The number of benzene rings is 2. The molecule has 0 amide bonds. The molecule has 27 heavy (non-hydrogen) atoms. The third kappa shape index (κ3) is 5.54. The lowest BCUT2D eigenvalue weighted by molar-refractivity contribution is 0.0472. The summed E-state index contributed by atoms with van der Waals surface area (Å²) in [5, 5.41) is 3.92.